The van der Waals surface area contributed by atoms with Crippen LogP contribution in [-0.4, -0.2) is 41.0 Å². The summed E-state index contributed by atoms with van der Waals surface area (Å²) in [6.07, 6.45) is 7.78. The Morgan fingerprint density at radius 3 is 1.71 bits per heavy atom. The van der Waals surface area contributed by atoms with E-state index in [1.807, 2.05) is 0 Å². The molecule has 0 radical (unpaired) electrons. The predicted molar refractivity (Wildman–Crippen MR) is 68.5 cm³/mol. The summed E-state index contributed by atoms with van der Waals surface area (Å²) < 4.78 is 0. The fourth-order valence-electron chi connectivity index (χ4n) is 1.66. The fraction of sp³-hybridized carbons (Fsp3) is 0.833. The molecule has 0 atom stereocenters. The van der Waals surface area contributed by atoms with Crippen molar-refractivity contribution < 1.29 is 19.8 Å². The molecule has 17 heavy (non-hydrogen) atoms. The van der Waals surface area contributed by atoms with Crippen molar-refractivity contribution >= 4 is 30.8 Å². The molecule has 0 aromatic rings. The molecule has 0 saturated heterocycles. The molecule has 0 amide bonds. The number of hydrogen-bond donors (Lipinski definition) is 2. The predicted octanol–water partition coefficient (Wildman–Crippen LogP) is 2.26. The summed E-state index contributed by atoms with van der Waals surface area (Å²) in [7, 11) is 0. The van der Waals surface area contributed by atoms with Crippen molar-refractivity contribution in [1.29, 1.82) is 0 Å². The third-order valence-electron chi connectivity index (χ3n) is 2.69. The Labute approximate surface area is 115 Å². The summed E-state index contributed by atoms with van der Waals surface area (Å²) in [5.41, 5.74) is 0. The van der Waals surface area contributed by atoms with Crippen LogP contribution >= 0.6 is 0 Å². The number of hydrogen-bond acceptors (Lipinski definition) is 2. The van der Waals surface area contributed by atoms with Crippen molar-refractivity contribution in [1.82, 2.24) is 0 Å². The van der Waals surface area contributed by atoms with E-state index in [4.69, 9.17) is 10.2 Å². The second-order valence-corrected chi connectivity index (χ2v) is 4.14. The molecular weight excluding hydrogens is 215 g/mol. The van der Waals surface area contributed by atoms with Gasteiger partial charge < -0.3 is 10.2 Å². The Bertz CT molecular complexity index is 205. The monoisotopic (exact) mass is 238 g/mol. The van der Waals surface area contributed by atoms with Gasteiger partial charge in [0.05, 0.1) is 0 Å². The molecule has 0 unspecified atom stereocenters. The quantitative estimate of drug-likeness (QED) is 0.348. The molecule has 0 heterocycles. The molecule has 0 aliphatic heterocycles. The molecule has 0 aliphatic rings. The summed E-state index contributed by atoms with van der Waals surface area (Å²) >= 11 is 0. The minimum absolute atomic E-state index is 0. The SMILES string of the molecule is CCCCCCCCCC(C(=O)O)C(=O)O.[LiH]. The van der Waals surface area contributed by atoms with E-state index in [9.17, 15) is 9.59 Å². The van der Waals surface area contributed by atoms with E-state index in [2.05, 4.69) is 6.92 Å². The van der Waals surface area contributed by atoms with Crippen LogP contribution in [0.5, 0.6) is 0 Å². The third-order valence-corrected chi connectivity index (χ3v) is 2.69. The molecule has 0 fully saturated rings. The van der Waals surface area contributed by atoms with Gasteiger partial charge in [-0.3, -0.25) is 9.59 Å². The van der Waals surface area contributed by atoms with Gasteiger partial charge in [0, 0.05) is 0 Å². The zero-order chi connectivity index (χ0) is 12.4. The first-order valence-electron chi connectivity index (χ1n) is 6.05. The van der Waals surface area contributed by atoms with E-state index in [-0.39, 0.29) is 25.3 Å². The van der Waals surface area contributed by atoms with E-state index in [0.717, 1.165) is 12.8 Å². The molecule has 0 aliphatic carbocycles. The normalized spacial score (nSPS) is 10.0. The second-order valence-electron chi connectivity index (χ2n) is 4.14. The summed E-state index contributed by atoms with van der Waals surface area (Å²) in [5.74, 6) is -3.67. The van der Waals surface area contributed by atoms with Gasteiger partial charge in [0.25, 0.3) is 0 Å². The number of carboxylic acid groups (broad SMARTS) is 2. The van der Waals surface area contributed by atoms with Crippen LogP contribution in [0.2, 0.25) is 0 Å². The molecule has 2 N–H and O–H groups in total. The van der Waals surface area contributed by atoms with Crippen molar-refractivity contribution in [3.63, 3.8) is 0 Å². The Morgan fingerprint density at radius 2 is 1.29 bits per heavy atom. The second kappa shape index (κ2) is 12.0. The third kappa shape index (κ3) is 10.4. The van der Waals surface area contributed by atoms with Crippen molar-refractivity contribution in [2.75, 3.05) is 0 Å². The summed E-state index contributed by atoms with van der Waals surface area (Å²) in [6, 6.07) is 0. The summed E-state index contributed by atoms with van der Waals surface area (Å²) in [5, 5.41) is 17.3. The number of unbranched alkanes of at least 4 members (excludes halogenated alkanes) is 6. The first-order chi connectivity index (χ1) is 7.59. The van der Waals surface area contributed by atoms with Gasteiger partial charge in [0.2, 0.25) is 0 Å². The van der Waals surface area contributed by atoms with Gasteiger partial charge in [0.15, 0.2) is 5.92 Å². The van der Waals surface area contributed by atoms with Crippen LogP contribution in [0.4, 0.5) is 0 Å². The zero-order valence-electron chi connectivity index (χ0n) is 9.95. The van der Waals surface area contributed by atoms with Crippen LogP contribution in [0.3, 0.4) is 0 Å². The Balaban J connectivity index is 0. The van der Waals surface area contributed by atoms with Crippen LogP contribution in [0.25, 0.3) is 0 Å². The van der Waals surface area contributed by atoms with E-state index >= 15 is 0 Å². The topological polar surface area (TPSA) is 74.6 Å². The molecule has 0 rings (SSSR count). The fourth-order valence-corrected chi connectivity index (χ4v) is 1.66. The van der Waals surface area contributed by atoms with Crippen LogP contribution in [0.15, 0.2) is 0 Å². The Hall–Kier alpha value is -0.463. The number of carbonyl (C=O) groups is 2. The van der Waals surface area contributed by atoms with Crippen LogP contribution in [0, 0.1) is 5.92 Å². The van der Waals surface area contributed by atoms with Gasteiger partial charge in [-0.15, -0.1) is 0 Å². The molecule has 0 saturated carbocycles. The molecule has 5 heteroatoms. The molecule has 4 nitrogen and oxygen atoms in total. The maximum absolute atomic E-state index is 10.6. The Kier molecular flexibility index (Phi) is 13.3. The van der Waals surface area contributed by atoms with Crippen molar-refractivity contribution in [3.05, 3.63) is 0 Å². The molecule has 0 spiro atoms. The average molecular weight is 238 g/mol. The molecule has 0 bridgehead atoms. The molecule has 96 valence electrons. The van der Waals surface area contributed by atoms with E-state index in [1.165, 1.54) is 25.7 Å². The minimum atomic E-state index is -1.23. The van der Waals surface area contributed by atoms with Crippen LogP contribution in [0.1, 0.15) is 58.3 Å². The van der Waals surface area contributed by atoms with Gasteiger partial charge in [-0.2, -0.15) is 0 Å². The molecule has 0 aromatic heterocycles. The van der Waals surface area contributed by atoms with E-state index < -0.39 is 17.9 Å². The van der Waals surface area contributed by atoms with Gasteiger partial charge in [-0.05, 0) is 6.42 Å². The van der Waals surface area contributed by atoms with Gasteiger partial charge in [0.1, 0.15) is 0 Å². The van der Waals surface area contributed by atoms with Crippen molar-refractivity contribution in [2.45, 2.75) is 58.3 Å². The zero-order valence-corrected chi connectivity index (χ0v) is 9.95. The summed E-state index contributed by atoms with van der Waals surface area (Å²) in [4.78, 5) is 21.1. The molecular formula is C12H23LiO4. The van der Waals surface area contributed by atoms with Gasteiger partial charge >= 0.3 is 30.8 Å². The van der Waals surface area contributed by atoms with Crippen molar-refractivity contribution in [2.24, 2.45) is 5.92 Å². The Morgan fingerprint density at radius 1 is 0.882 bits per heavy atom. The summed E-state index contributed by atoms with van der Waals surface area (Å²) in [6.45, 7) is 2.16. The van der Waals surface area contributed by atoms with Crippen molar-refractivity contribution in [3.8, 4) is 0 Å². The number of rotatable bonds is 10. The standard InChI is InChI=1S/C12H22O4.Li.H/c1-2-3-4-5-6-7-8-9-10(11(13)14)12(15)16;;/h10H,2-9H2,1H3,(H,13,14)(H,15,16);;. The van der Waals surface area contributed by atoms with Gasteiger partial charge in [-0.1, -0.05) is 51.9 Å². The number of carboxylic acids is 2. The first kappa shape index (κ1) is 18.9. The first-order valence-corrected chi connectivity index (χ1v) is 6.05. The number of aliphatic carboxylic acids is 2. The maximum atomic E-state index is 10.6. The van der Waals surface area contributed by atoms with E-state index in [0.29, 0.717) is 6.42 Å². The molecule has 0 aromatic carbocycles. The van der Waals surface area contributed by atoms with Crippen LogP contribution in [-0.2, 0) is 9.59 Å². The average Bonchev–Trinajstić information content (AvgIpc) is 2.21. The van der Waals surface area contributed by atoms with E-state index in [1.54, 1.807) is 0 Å². The van der Waals surface area contributed by atoms with Crippen LogP contribution < -0.4 is 0 Å². The van der Waals surface area contributed by atoms with Gasteiger partial charge in [-0.25, -0.2) is 0 Å².